The van der Waals surface area contributed by atoms with E-state index in [-0.39, 0.29) is 55.1 Å². The molecule has 2 N–H and O–H groups in total. The molecule has 14 heteroatoms. The zero-order valence-electron chi connectivity index (χ0n) is 31.1. The standard InChI is InChI=1S/C37H56N2O10SSi/c1-36(2,3)51(6,7)48-18-11-17-37(4,5)24-39(50(42,43)27-14-15-31-32(21-27)47-25-46-31)22-30(40)29(20-26-12-9-8-10-13-26)38-35(41)49-33-23-45-34-28(33)16-19-44-34/h8-10,12-15,21,28-30,33-34,40H,11,16-20,22-25H2,1-7H3,(H,38,41)/t28-,29-,30+,33-,34+/m0/s1. The second-order valence-corrected chi connectivity index (χ2v) is 22.9. The molecule has 5 rings (SSSR count). The zero-order valence-corrected chi connectivity index (χ0v) is 32.9. The summed E-state index contributed by atoms with van der Waals surface area (Å²) in [5.41, 5.74) is 0.381. The van der Waals surface area contributed by atoms with Crippen molar-refractivity contribution in [1.82, 2.24) is 9.62 Å². The highest BCUT2D eigenvalue weighted by atomic mass is 32.2. The number of nitrogens with zero attached hydrogens (tertiary/aromatic N) is 1. The number of alkyl carbamates (subject to hydrolysis) is 1. The van der Waals surface area contributed by atoms with Crippen LogP contribution >= 0.6 is 0 Å². The number of aliphatic hydroxyl groups excluding tert-OH is 1. The number of sulfonamides is 1. The molecule has 2 fully saturated rings. The summed E-state index contributed by atoms with van der Waals surface area (Å²) in [5.74, 6) is 0.761. The predicted molar refractivity (Wildman–Crippen MR) is 195 cm³/mol. The van der Waals surface area contributed by atoms with Crippen LogP contribution in [0.25, 0.3) is 0 Å². The molecule has 0 spiro atoms. The number of carbonyl (C=O) groups excluding carboxylic acids is 1. The van der Waals surface area contributed by atoms with E-state index < -0.39 is 48.1 Å². The molecule has 3 heterocycles. The molecule has 2 saturated heterocycles. The third-order valence-corrected chi connectivity index (χ3v) is 16.9. The summed E-state index contributed by atoms with van der Waals surface area (Å²) >= 11 is 0. The Morgan fingerprint density at radius 2 is 1.78 bits per heavy atom. The Hall–Kier alpha value is -2.72. The van der Waals surface area contributed by atoms with Crippen molar-refractivity contribution in [2.45, 2.75) is 108 Å². The maximum atomic E-state index is 14.4. The molecular formula is C37H56N2O10SSi. The number of carbonyl (C=O) groups is 1. The van der Waals surface area contributed by atoms with Gasteiger partial charge in [0.05, 0.1) is 36.2 Å². The van der Waals surface area contributed by atoms with Gasteiger partial charge in [0.2, 0.25) is 16.8 Å². The van der Waals surface area contributed by atoms with Gasteiger partial charge in [0.15, 0.2) is 26.1 Å². The minimum atomic E-state index is -4.15. The molecule has 284 valence electrons. The average Bonchev–Trinajstić information content (AvgIpc) is 3.81. The highest BCUT2D eigenvalue weighted by Crippen LogP contribution is 2.38. The number of aliphatic hydroxyl groups is 1. The molecule has 3 aliphatic rings. The van der Waals surface area contributed by atoms with Crippen LogP contribution in [0.5, 0.6) is 11.5 Å². The van der Waals surface area contributed by atoms with Crippen LogP contribution < -0.4 is 14.8 Å². The number of ether oxygens (including phenoxy) is 5. The normalized spacial score (nSPS) is 21.8. The largest absolute Gasteiger partial charge is 0.454 e. The number of fused-ring (bicyclic) bond motifs is 2. The average molecular weight is 749 g/mol. The maximum absolute atomic E-state index is 14.4. The monoisotopic (exact) mass is 748 g/mol. The maximum Gasteiger partial charge on any atom is 0.407 e. The molecule has 2 aromatic carbocycles. The minimum Gasteiger partial charge on any atom is -0.454 e. The Labute approximate surface area is 304 Å². The van der Waals surface area contributed by atoms with Gasteiger partial charge in [0.1, 0.15) is 6.10 Å². The number of nitrogens with one attached hydrogen (secondary N) is 1. The van der Waals surface area contributed by atoms with Crippen molar-refractivity contribution < 1.29 is 46.4 Å². The van der Waals surface area contributed by atoms with Crippen molar-refractivity contribution >= 4 is 24.4 Å². The minimum absolute atomic E-state index is 0.00951. The number of hydrogen-bond donors (Lipinski definition) is 2. The summed E-state index contributed by atoms with van der Waals surface area (Å²) in [6.45, 7) is 16.3. The number of benzene rings is 2. The molecule has 0 aromatic heterocycles. The molecular weight excluding hydrogens is 693 g/mol. The van der Waals surface area contributed by atoms with Gasteiger partial charge in [-0.05, 0) is 66.9 Å². The first kappa shape index (κ1) is 39.5. The predicted octanol–water partition coefficient (Wildman–Crippen LogP) is 5.69. The lowest BCUT2D eigenvalue weighted by Gasteiger charge is -2.37. The van der Waals surface area contributed by atoms with E-state index in [1.54, 1.807) is 6.07 Å². The number of hydrogen-bond acceptors (Lipinski definition) is 10. The molecule has 3 aliphatic heterocycles. The van der Waals surface area contributed by atoms with E-state index in [0.29, 0.717) is 31.1 Å². The van der Waals surface area contributed by atoms with Gasteiger partial charge in [0, 0.05) is 25.8 Å². The summed E-state index contributed by atoms with van der Waals surface area (Å²) in [4.78, 5) is 13.3. The third-order valence-electron chi connectivity index (χ3n) is 10.6. The molecule has 0 radical (unpaired) electrons. The van der Waals surface area contributed by atoms with Gasteiger partial charge in [-0.25, -0.2) is 13.2 Å². The molecule has 0 aliphatic carbocycles. The van der Waals surface area contributed by atoms with Gasteiger partial charge in [-0.2, -0.15) is 4.31 Å². The Bertz CT molecular complexity index is 1580. The lowest BCUT2D eigenvalue weighted by atomic mass is 9.87. The van der Waals surface area contributed by atoms with Crippen LogP contribution in [-0.2, 0) is 35.1 Å². The Morgan fingerprint density at radius 3 is 2.51 bits per heavy atom. The van der Waals surface area contributed by atoms with Gasteiger partial charge >= 0.3 is 6.09 Å². The summed E-state index contributed by atoms with van der Waals surface area (Å²) in [6, 6.07) is 13.1. The van der Waals surface area contributed by atoms with E-state index in [1.807, 2.05) is 44.2 Å². The van der Waals surface area contributed by atoms with E-state index in [9.17, 15) is 18.3 Å². The van der Waals surface area contributed by atoms with Crippen molar-refractivity contribution in [2.24, 2.45) is 11.3 Å². The van der Waals surface area contributed by atoms with Crippen LogP contribution in [0.4, 0.5) is 4.79 Å². The Morgan fingerprint density at radius 1 is 1.06 bits per heavy atom. The zero-order chi connectivity index (χ0) is 37.0. The fourth-order valence-corrected chi connectivity index (χ4v) is 9.19. The van der Waals surface area contributed by atoms with Gasteiger partial charge in [-0.1, -0.05) is 65.0 Å². The molecule has 5 atom stereocenters. The van der Waals surface area contributed by atoms with Crippen LogP contribution in [0.1, 0.15) is 59.4 Å². The van der Waals surface area contributed by atoms with Crippen molar-refractivity contribution in [3.05, 3.63) is 54.1 Å². The lowest BCUT2D eigenvalue weighted by Crippen LogP contribution is -2.52. The fourth-order valence-electron chi connectivity index (χ4n) is 6.44. The fraction of sp³-hybridized carbons (Fsp3) is 0.649. The smallest absolute Gasteiger partial charge is 0.407 e. The molecule has 0 unspecified atom stereocenters. The van der Waals surface area contributed by atoms with Crippen LogP contribution in [-0.4, -0.2) is 96.5 Å². The van der Waals surface area contributed by atoms with E-state index in [1.165, 1.54) is 16.4 Å². The van der Waals surface area contributed by atoms with E-state index >= 15 is 0 Å². The first-order valence-electron chi connectivity index (χ1n) is 17.9. The topological polar surface area (TPSA) is 142 Å². The Kier molecular flexibility index (Phi) is 12.5. The molecule has 0 saturated carbocycles. The van der Waals surface area contributed by atoms with Crippen molar-refractivity contribution in [1.29, 1.82) is 0 Å². The second kappa shape index (κ2) is 16.1. The summed E-state index contributed by atoms with van der Waals surface area (Å²) < 4.78 is 64.5. The van der Waals surface area contributed by atoms with E-state index in [0.717, 1.165) is 18.4 Å². The first-order chi connectivity index (χ1) is 23.9. The van der Waals surface area contributed by atoms with E-state index in [4.69, 9.17) is 28.1 Å². The first-order valence-corrected chi connectivity index (χ1v) is 22.3. The van der Waals surface area contributed by atoms with E-state index in [2.05, 4.69) is 39.2 Å². The van der Waals surface area contributed by atoms with Crippen LogP contribution in [0, 0.1) is 11.3 Å². The lowest BCUT2D eigenvalue weighted by molar-refractivity contribution is -0.0907. The quantitative estimate of drug-likeness (QED) is 0.162. The summed E-state index contributed by atoms with van der Waals surface area (Å²) in [5, 5.41) is 14.8. The Balaban J connectivity index is 1.35. The molecule has 51 heavy (non-hydrogen) atoms. The van der Waals surface area contributed by atoms with Crippen LogP contribution in [0.2, 0.25) is 18.1 Å². The number of rotatable bonds is 16. The molecule has 0 bridgehead atoms. The molecule has 1 amide bonds. The van der Waals surface area contributed by atoms with Crippen molar-refractivity contribution in [2.75, 3.05) is 39.7 Å². The third kappa shape index (κ3) is 10.0. The highest BCUT2D eigenvalue weighted by molar-refractivity contribution is 7.89. The van der Waals surface area contributed by atoms with Gasteiger partial charge in [-0.15, -0.1) is 0 Å². The molecule has 2 aromatic rings. The number of amides is 1. The summed E-state index contributed by atoms with van der Waals surface area (Å²) in [7, 11) is -6.08. The van der Waals surface area contributed by atoms with Crippen molar-refractivity contribution in [3.8, 4) is 11.5 Å². The highest BCUT2D eigenvalue weighted by Gasteiger charge is 2.44. The van der Waals surface area contributed by atoms with Gasteiger partial charge in [0.25, 0.3) is 0 Å². The summed E-state index contributed by atoms with van der Waals surface area (Å²) in [6.07, 6.45) is -0.435. The van der Waals surface area contributed by atoms with Gasteiger partial charge < -0.3 is 38.5 Å². The SMILES string of the molecule is CC(C)(CCCO[Si](C)(C)C(C)(C)C)CN(C[C@@H](O)[C@H](Cc1ccccc1)NC(=O)O[C@H]1CO[C@H]2OCC[C@H]21)S(=O)(=O)c1ccc2c(c1)OCO2. The van der Waals surface area contributed by atoms with Crippen molar-refractivity contribution in [3.63, 3.8) is 0 Å². The van der Waals surface area contributed by atoms with Gasteiger partial charge in [-0.3, -0.25) is 0 Å². The van der Waals surface area contributed by atoms with Crippen LogP contribution in [0.3, 0.4) is 0 Å². The molecule has 12 nitrogen and oxygen atoms in total. The second-order valence-electron chi connectivity index (χ2n) is 16.2. The van der Waals surface area contributed by atoms with Crippen LogP contribution in [0.15, 0.2) is 53.4 Å².